The highest BCUT2D eigenvalue weighted by molar-refractivity contribution is 7.89. The van der Waals surface area contributed by atoms with Crippen LogP contribution in [0.15, 0.2) is 47.4 Å². The number of sulfonamides is 1. The minimum absolute atomic E-state index is 0.0122. The van der Waals surface area contributed by atoms with Crippen molar-refractivity contribution in [2.75, 3.05) is 20.2 Å². The van der Waals surface area contributed by atoms with Gasteiger partial charge in [-0.25, -0.2) is 8.42 Å². The first-order chi connectivity index (χ1) is 12.8. The highest BCUT2D eigenvalue weighted by Gasteiger charge is 2.34. The molecule has 3 rings (SSSR count). The molecule has 0 radical (unpaired) electrons. The van der Waals surface area contributed by atoms with Gasteiger partial charge in [-0.2, -0.15) is 4.31 Å². The Kier molecular flexibility index (Phi) is 5.67. The van der Waals surface area contributed by atoms with Crippen molar-refractivity contribution >= 4 is 15.8 Å². The topological polar surface area (TPSA) is 63.7 Å². The average molecular weight is 388 g/mol. The predicted octanol–water partition coefficient (Wildman–Crippen LogP) is 3.60. The summed E-state index contributed by atoms with van der Waals surface area (Å²) in [6, 6.07) is 12.5. The van der Waals surface area contributed by atoms with E-state index < -0.39 is 10.0 Å². The van der Waals surface area contributed by atoms with Gasteiger partial charge in [0.2, 0.25) is 10.0 Å². The van der Waals surface area contributed by atoms with Gasteiger partial charge >= 0.3 is 0 Å². The normalized spacial score (nSPS) is 18.3. The second-order valence-corrected chi connectivity index (χ2v) is 8.93. The molecular weight excluding hydrogens is 362 g/mol. The van der Waals surface area contributed by atoms with E-state index in [9.17, 15) is 13.2 Å². The third kappa shape index (κ3) is 3.92. The molecule has 5 nitrogen and oxygen atoms in total. The number of aryl methyl sites for hydroxylation is 2. The van der Waals surface area contributed by atoms with Gasteiger partial charge in [0.1, 0.15) is 5.75 Å². The molecular formula is C21H25NO4S. The van der Waals surface area contributed by atoms with E-state index in [2.05, 4.69) is 0 Å². The Labute approximate surface area is 161 Å². The number of hydrogen-bond donors (Lipinski definition) is 0. The van der Waals surface area contributed by atoms with Crippen molar-refractivity contribution in [2.45, 2.75) is 31.6 Å². The Hall–Kier alpha value is -2.18. The lowest BCUT2D eigenvalue weighted by molar-refractivity contribution is 0.0872. The van der Waals surface area contributed by atoms with Crippen LogP contribution in [0, 0.1) is 19.8 Å². The SMILES string of the molecule is COc1cc(C)c(S(=O)(=O)N2CCCC(C(=O)c3ccccc3)C2)cc1C. The van der Waals surface area contributed by atoms with E-state index in [1.165, 1.54) is 4.31 Å². The number of benzene rings is 2. The first-order valence-corrected chi connectivity index (χ1v) is 10.5. The van der Waals surface area contributed by atoms with Gasteiger partial charge in [0.05, 0.1) is 12.0 Å². The largest absolute Gasteiger partial charge is 0.496 e. The van der Waals surface area contributed by atoms with Gasteiger partial charge in [-0.1, -0.05) is 30.3 Å². The highest BCUT2D eigenvalue weighted by Crippen LogP contribution is 2.30. The summed E-state index contributed by atoms with van der Waals surface area (Å²) in [6.45, 7) is 4.26. The van der Waals surface area contributed by atoms with Gasteiger partial charge in [0.15, 0.2) is 5.78 Å². The Bertz CT molecular complexity index is 938. The smallest absolute Gasteiger partial charge is 0.243 e. The average Bonchev–Trinajstić information content (AvgIpc) is 2.69. The van der Waals surface area contributed by atoms with Gasteiger partial charge in [0, 0.05) is 24.6 Å². The van der Waals surface area contributed by atoms with Gasteiger partial charge in [-0.15, -0.1) is 0 Å². The minimum atomic E-state index is -3.66. The van der Waals surface area contributed by atoms with Crippen LogP contribution in [-0.4, -0.2) is 38.7 Å². The van der Waals surface area contributed by atoms with Crippen LogP contribution >= 0.6 is 0 Å². The van der Waals surface area contributed by atoms with Crippen LogP contribution in [0.3, 0.4) is 0 Å². The molecule has 0 bridgehead atoms. The van der Waals surface area contributed by atoms with E-state index in [-0.39, 0.29) is 23.1 Å². The van der Waals surface area contributed by atoms with E-state index in [1.807, 2.05) is 25.1 Å². The zero-order chi connectivity index (χ0) is 19.6. The fourth-order valence-corrected chi connectivity index (χ4v) is 5.43. The molecule has 1 atom stereocenters. The lowest BCUT2D eigenvalue weighted by Gasteiger charge is -2.31. The van der Waals surface area contributed by atoms with Crippen molar-refractivity contribution in [3.05, 3.63) is 59.2 Å². The maximum absolute atomic E-state index is 13.2. The van der Waals surface area contributed by atoms with Crippen molar-refractivity contribution in [3.63, 3.8) is 0 Å². The quantitative estimate of drug-likeness (QED) is 0.736. The third-order valence-electron chi connectivity index (χ3n) is 5.12. The minimum Gasteiger partial charge on any atom is -0.496 e. The molecule has 2 aromatic rings. The maximum atomic E-state index is 13.2. The molecule has 0 N–H and O–H groups in total. The first-order valence-electron chi connectivity index (χ1n) is 9.09. The molecule has 0 saturated carbocycles. The summed E-state index contributed by atoms with van der Waals surface area (Å²) in [6.07, 6.45) is 1.39. The number of carbonyl (C=O) groups excluding carboxylic acids is 1. The van der Waals surface area contributed by atoms with Gasteiger partial charge in [-0.05, 0) is 49.9 Å². The number of Topliss-reactive ketones (excluding diaryl/α,β-unsaturated/α-hetero) is 1. The van der Waals surface area contributed by atoms with E-state index in [0.717, 1.165) is 5.56 Å². The summed E-state index contributed by atoms with van der Waals surface area (Å²) in [5.74, 6) is 0.371. The number of methoxy groups -OCH3 is 1. The predicted molar refractivity (Wildman–Crippen MR) is 105 cm³/mol. The molecule has 0 aromatic heterocycles. The van der Waals surface area contributed by atoms with E-state index in [0.29, 0.717) is 36.3 Å². The molecule has 0 aliphatic carbocycles. The summed E-state index contributed by atoms with van der Waals surface area (Å²) in [5, 5.41) is 0. The Morgan fingerprint density at radius 1 is 1.11 bits per heavy atom. The molecule has 1 aliphatic heterocycles. The Morgan fingerprint density at radius 2 is 1.81 bits per heavy atom. The van der Waals surface area contributed by atoms with Crippen LogP contribution in [0.1, 0.15) is 34.3 Å². The standard InChI is InChI=1S/C21H25NO4S/c1-15-13-20(16(2)12-19(15)26-3)27(24,25)22-11-7-10-18(14-22)21(23)17-8-5-4-6-9-17/h4-6,8-9,12-13,18H,7,10-11,14H2,1-3H3. The molecule has 2 aromatic carbocycles. The van der Waals surface area contributed by atoms with Crippen LogP contribution in [0.25, 0.3) is 0 Å². The molecule has 1 aliphatic rings. The first kappa shape index (κ1) is 19.6. The molecule has 1 fully saturated rings. The molecule has 0 spiro atoms. The zero-order valence-electron chi connectivity index (χ0n) is 15.9. The number of carbonyl (C=O) groups is 1. The molecule has 144 valence electrons. The molecule has 27 heavy (non-hydrogen) atoms. The lowest BCUT2D eigenvalue weighted by atomic mass is 9.91. The molecule has 0 amide bonds. The second kappa shape index (κ2) is 7.82. The number of ether oxygens (including phenoxy) is 1. The molecule has 1 unspecified atom stereocenters. The zero-order valence-corrected chi connectivity index (χ0v) is 16.8. The maximum Gasteiger partial charge on any atom is 0.243 e. The van der Waals surface area contributed by atoms with Crippen molar-refractivity contribution in [1.29, 1.82) is 0 Å². The van der Waals surface area contributed by atoms with Crippen LogP contribution in [-0.2, 0) is 10.0 Å². The van der Waals surface area contributed by atoms with Gasteiger partial charge in [-0.3, -0.25) is 4.79 Å². The van der Waals surface area contributed by atoms with Crippen molar-refractivity contribution < 1.29 is 17.9 Å². The lowest BCUT2D eigenvalue weighted by Crippen LogP contribution is -2.42. The summed E-state index contributed by atoms with van der Waals surface area (Å²) < 4.78 is 33.2. The number of piperidine rings is 1. The summed E-state index contributed by atoms with van der Waals surface area (Å²) in [7, 11) is -2.09. The summed E-state index contributed by atoms with van der Waals surface area (Å²) >= 11 is 0. The van der Waals surface area contributed by atoms with Crippen molar-refractivity contribution in [2.24, 2.45) is 5.92 Å². The van der Waals surface area contributed by atoms with Crippen LogP contribution in [0.2, 0.25) is 0 Å². The fourth-order valence-electron chi connectivity index (χ4n) is 3.61. The van der Waals surface area contributed by atoms with Crippen molar-refractivity contribution in [3.8, 4) is 5.75 Å². The molecule has 1 saturated heterocycles. The number of ketones is 1. The summed E-state index contributed by atoms with van der Waals surface area (Å²) in [5.41, 5.74) is 2.06. The number of hydrogen-bond acceptors (Lipinski definition) is 4. The highest BCUT2D eigenvalue weighted by atomic mass is 32.2. The van der Waals surface area contributed by atoms with Crippen LogP contribution in [0.4, 0.5) is 0 Å². The molecule has 6 heteroatoms. The van der Waals surface area contributed by atoms with E-state index in [1.54, 1.807) is 38.3 Å². The fraction of sp³-hybridized carbons (Fsp3) is 0.381. The van der Waals surface area contributed by atoms with Gasteiger partial charge < -0.3 is 4.74 Å². The number of nitrogens with zero attached hydrogens (tertiary/aromatic N) is 1. The number of rotatable bonds is 5. The van der Waals surface area contributed by atoms with Crippen LogP contribution < -0.4 is 4.74 Å². The molecule has 1 heterocycles. The van der Waals surface area contributed by atoms with E-state index >= 15 is 0 Å². The third-order valence-corrected chi connectivity index (χ3v) is 7.13. The Morgan fingerprint density at radius 3 is 2.48 bits per heavy atom. The van der Waals surface area contributed by atoms with E-state index in [4.69, 9.17) is 4.74 Å². The van der Waals surface area contributed by atoms with Gasteiger partial charge in [0.25, 0.3) is 0 Å². The Balaban J connectivity index is 1.87. The second-order valence-electron chi connectivity index (χ2n) is 7.02. The van der Waals surface area contributed by atoms with Crippen molar-refractivity contribution in [1.82, 2.24) is 4.31 Å². The summed E-state index contributed by atoms with van der Waals surface area (Å²) in [4.78, 5) is 13.1. The monoisotopic (exact) mass is 387 g/mol. The van der Waals surface area contributed by atoms with Crippen LogP contribution in [0.5, 0.6) is 5.75 Å².